The van der Waals surface area contributed by atoms with Gasteiger partial charge < -0.3 is 5.32 Å². The van der Waals surface area contributed by atoms with Crippen LogP contribution in [0.1, 0.15) is 72.1 Å². The van der Waals surface area contributed by atoms with E-state index in [0.717, 1.165) is 12.0 Å². The maximum atomic E-state index is 3.95. The van der Waals surface area contributed by atoms with Crippen molar-refractivity contribution in [1.29, 1.82) is 0 Å². The molecule has 2 nitrogen and oxygen atoms in total. The van der Waals surface area contributed by atoms with E-state index in [0.29, 0.717) is 11.0 Å². The topological polar surface area (TPSA) is 15.3 Å². The maximum absolute atomic E-state index is 3.95. The van der Waals surface area contributed by atoms with Gasteiger partial charge in [0.15, 0.2) is 0 Å². The van der Waals surface area contributed by atoms with Crippen LogP contribution in [0.3, 0.4) is 0 Å². The second-order valence-corrected chi connectivity index (χ2v) is 8.29. The second-order valence-electron chi connectivity index (χ2n) is 8.29. The number of nitrogens with one attached hydrogen (secondary N) is 1. The Labute approximate surface area is 125 Å². The Morgan fingerprint density at radius 2 is 1.80 bits per heavy atom. The first-order valence-electron chi connectivity index (χ1n) is 9.07. The number of hydrogen-bond acceptors (Lipinski definition) is 2. The standard InChI is InChI=1S/C18H34N2/c1-4-17(8-7-9-17)13-20-14-18(10-5-6-11-18)19-12-16(20)15(2)3/h15-16,19H,4-14H2,1-3H3. The van der Waals surface area contributed by atoms with Crippen molar-refractivity contribution in [2.75, 3.05) is 19.6 Å². The van der Waals surface area contributed by atoms with Crippen LogP contribution in [0.2, 0.25) is 0 Å². The molecule has 2 heteroatoms. The minimum absolute atomic E-state index is 0.476. The molecular weight excluding hydrogens is 244 g/mol. The van der Waals surface area contributed by atoms with Gasteiger partial charge in [-0.1, -0.05) is 40.0 Å². The average molecular weight is 278 g/mol. The lowest BCUT2D eigenvalue weighted by atomic mass is 9.66. The summed E-state index contributed by atoms with van der Waals surface area (Å²) in [4.78, 5) is 2.90. The van der Waals surface area contributed by atoms with Gasteiger partial charge in [-0.15, -0.1) is 0 Å². The van der Waals surface area contributed by atoms with Crippen LogP contribution < -0.4 is 5.32 Å². The highest BCUT2D eigenvalue weighted by molar-refractivity contribution is 5.03. The van der Waals surface area contributed by atoms with E-state index in [1.54, 1.807) is 0 Å². The highest BCUT2D eigenvalue weighted by Crippen LogP contribution is 2.46. The Balaban J connectivity index is 1.72. The molecule has 0 aromatic rings. The first kappa shape index (κ1) is 14.8. The molecular formula is C18H34N2. The van der Waals surface area contributed by atoms with E-state index in [1.807, 2.05) is 0 Å². The third-order valence-electron chi connectivity index (χ3n) is 6.69. The van der Waals surface area contributed by atoms with Gasteiger partial charge in [0.1, 0.15) is 0 Å². The molecule has 1 N–H and O–H groups in total. The van der Waals surface area contributed by atoms with Crippen molar-refractivity contribution in [3.63, 3.8) is 0 Å². The minimum Gasteiger partial charge on any atom is -0.308 e. The molecule has 1 spiro atoms. The Bertz CT molecular complexity index is 319. The Morgan fingerprint density at radius 1 is 1.10 bits per heavy atom. The second kappa shape index (κ2) is 5.61. The zero-order valence-electron chi connectivity index (χ0n) is 13.9. The maximum Gasteiger partial charge on any atom is 0.0309 e. The van der Waals surface area contributed by atoms with Gasteiger partial charge in [-0.2, -0.15) is 0 Å². The van der Waals surface area contributed by atoms with Gasteiger partial charge in [-0.05, 0) is 43.4 Å². The summed E-state index contributed by atoms with van der Waals surface area (Å²) < 4.78 is 0. The predicted molar refractivity (Wildman–Crippen MR) is 86.0 cm³/mol. The van der Waals surface area contributed by atoms with E-state index >= 15 is 0 Å². The van der Waals surface area contributed by atoms with E-state index in [1.165, 1.54) is 71.0 Å². The quantitative estimate of drug-likeness (QED) is 0.841. The monoisotopic (exact) mass is 278 g/mol. The van der Waals surface area contributed by atoms with Crippen molar-refractivity contribution in [3.05, 3.63) is 0 Å². The van der Waals surface area contributed by atoms with E-state index in [9.17, 15) is 0 Å². The van der Waals surface area contributed by atoms with Gasteiger partial charge in [-0.25, -0.2) is 0 Å². The molecule has 1 atom stereocenters. The molecule has 20 heavy (non-hydrogen) atoms. The summed E-state index contributed by atoms with van der Waals surface area (Å²) in [5.74, 6) is 0.773. The summed E-state index contributed by atoms with van der Waals surface area (Å²) in [6, 6.07) is 0.755. The molecule has 0 radical (unpaired) electrons. The molecule has 0 aromatic heterocycles. The Kier molecular flexibility index (Phi) is 4.16. The van der Waals surface area contributed by atoms with Crippen LogP contribution in [0.4, 0.5) is 0 Å². The van der Waals surface area contributed by atoms with Crippen LogP contribution in [0.25, 0.3) is 0 Å². The fourth-order valence-corrected chi connectivity index (χ4v) is 4.96. The van der Waals surface area contributed by atoms with Gasteiger partial charge in [0.05, 0.1) is 0 Å². The lowest BCUT2D eigenvalue weighted by Crippen LogP contribution is -2.66. The molecule has 1 heterocycles. The molecule has 3 aliphatic rings. The first-order valence-corrected chi connectivity index (χ1v) is 9.07. The Hall–Kier alpha value is -0.0800. The van der Waals surface area contributed by atoms with Gasteiger partial charge in [0.25, 0.3) is 0 Å². The van der Waals surface area contributed by atoms with Crippen LogP contribution in [0, 0.1) is 11.3 Å². The smallest absolute Gasteiger partial charge is 0.0309 e. The summed E-state index contributed by atoms with van der Waals surface area (Å²) in [5, 5.41) is 3.95. The molecule has 1 saturated heterocycles. The Morgan fingerprint density at radius 3 is 2.30 bits per heavy atom. The average Bonchev–Trinajstić information content (AvgIpc) is 2.82. The zero-order valence-corrected chi connectivity index (χ0v) is 13.9. The third kappa shape index (κ3) is 2.66. The van der Waals surface area contributed by atoms with Gasteiger partial charge in [0, 0.05) is 31.2 Å². The summed E-state index contributed by atoms with van der Waals surface area (Å²) in [7, 11) is 0. The van der Waals surface area contributed by atoms with Crippen molar-refractivity contribution >= 4 is 0 Å². The minimum atomic E-state index is 0.476. The summed E-state index contributed by atoms with van der Waals surface area (Å²) in [6.45, 7) is 11.1. The summed E-state index contributed by atoms with van der Waals surface area (Å²) in [5.41, 5.74) is 1.15. The predicted octanol–water partition coefficient (Wildman–Crippen LogP) is 3.81. The van der Waals surface area contributed by atoms with E-state index in [-0.39, 0.29) is 0 Å². The van der Waals surface area contributed by atoms with Crippen LogP contribution in [-0.2, 0) is 0 Å². The van der Waals surface area contributed by atoms with Gasteiger partial charge >= 0.3 is 0 Å². The molecule has 1 unspecified atom stereocenters. The van der Waals surface area contributed by atoms with Crippen LogP contribution >= 0.6 is 0 Å². The van der Waals surface area contributed by atoms with Crippen molar-refractivity contribution in [2.24, 2.45) is 11.3 Å². The fraction of sp³-hybridized carbons (Fsp3) is 1.00. The fourth-order valence-electron chi connectivity index (χ4n) is 4.96. The molecule has 2 saturated carbocycles. The molecule has 3 fully saturated rings. The normalized spacial score (nSPS) is 32.7. The number of hydrogen-bond donors (Lipinski definition) is 1. The molecule has 1 aliphatic heterocycles. The first-order chi connectivity index (χ1) is 9.58. The third-order valence-corrected chi connectivity index (χ3v) is 6.69. The van der Waals surface area contributed by atoms with Crippen LogP contribution in [0.15, 0.2) is 0 Å². The van der Waals surface area contributed by atoms with Gasteiger partial charge in [0.2, 0.25) is 0 Å². The van der Waals surface area contributed by atoms with Crippen molar-refractivity contribution in [2.45, 2.75) is 83.7 Å². The lowest BCUT2D eigenvalue weighted by Gasteiger charge is -2.53. The van der Waals surface area contributed by atoms with Crippen molar-refractivity contribution in [3.8, 4) is 0 Å². The van der Waals surface area contributed by atoms with Crippen molar-refractivity contribution < 1.29 is 0 Å². The largest absolute Gasteiger partial charge is 0.308 e. The summed E-state index contributed by atoms with van der Waals surface area (Å²) in [6.07, 6.45) is 11.5. The van der Waals surface area contributed by atoms with E-state index in [2.05, 4.69) is 31.0 Å². The summed E-state index contributed by atoms with van der Waals surface area (Å²) >= 11 is 0. The van der Waals surface area contributed by atoms with Crippen LogP contribution in [-0.4, -0.2) is 36.1 Å². The highest BCUT2D eigenvalue weighted by Gasteiger charge is 2.45. The van der Waals surface area contributed by atoms with Crippen LogP contribution in [0.5, 0.6) is 0 Å². The number of rotatable bonds is 4. The van der Waals surface area contributed by atoms with E-state index in [4.69, 9.17) is 0 Å². The molecule has 0 amide bonds. The molecule has 2 aliphatic carbocycles. The number of nitrogens with zero attached hydrogens (tertiary/aromatic N) is 1. The van der Waals surface area contributed by atoms with Crippen molar-refractivity contribution in [1.82, 2.24) is 10.2 Å². The molecule has 116 valence electrons. The van der Waals surface area contributed by atoms with Gasteiger partial charge in [-0.3, -0.25) is 4.90 Å². The highest BCUT2D eigenvalue weighted by atomic mass is 15.3. The lowest BCUT2D eigenvalue weighted by molar-refractivity contribution is -0.0109. The zero-order chi connectivity index (χ0) is 14.2. The SMILES string of the molecule is CCC1(CN2CC3(CCCC3)NCC2C(C)C)CCC1. The van der Waals surface area contributed by atoms with E-state index < -0.39 is 0 Å². The molecule has 0 bridgehead atoms. The molecule has 0 aromatic carbocycles. The molecule has 3 rings (SSSR count). The number of piperazine rings is 1.